The van der Waals surface area contributed by atoms with Gasteiger partial charge in [-0.1, -0.05) is 20.4 Å². The van der Waals surface area contributed by atoms with E-state index in [2.05, 4.69) is 43.6 Å². The van der Waals surface area contributed by atoms with Crippen LogP contribution in [-0.2, 0) is 22.4 Å². The third-order valence-corrected chi connectivity index (χ3v) is 6.74. The van der Waals surface area contributed by atoms with Crippen LogP contribution >= 0.6 is 24.0 Å². The molecule has 33 heavy (non-hydrogen) atoms. The number of esters is 1. The topological polar surface area (TPSA) is 48.4 Å². The van der Waals surface area contributed by atoms with E-state index in [1.54, 1.807) is 18.3 Å². The van der Waals surface area contributed by atoms with E-state index in [1.807, 2.05) is 39.1 Å². The molecule has 0 fully saturated rings. The molecule has 0 radical (unpaired) electrons. The number of ether oxygens (including phenoxy) is 2. The normalized spacial score (nSPS) is 13.5. The van der Waals surface area contributed by atoms with Crippen molar-refractivity contribution in [2.24, 2.45) is 0 Å². The number of carbonyl (C=O) groups is 1. The molecule has 0 saturated heterocycles. The zero-order valence-electron chi connectivity index (χ0n) is 20.3. The molecule has 0 amide bonds. The molecule has 1 unspecified atom stereocenters. The summed E-state index contributed by atoms with van der Waals surface area (Å²) in [6.45, 7) is 15.2. The summed E-state index contributed by atoms with van der Waals surface area (Å²) in [7, 11) is 0. The largest absolute Gasteiger partial charge is 0.477 e. The molecular formula is C27H33NO3S2. The Morgan fingerprint density at radius 3 is 2.52 bits per heavy atom. The van der Waals surface area contributed by atoms with Crippen LogP contribution in [0.15, 0.2) is 48.7 Å². The van der Waals surface area contributed by atoms with Crippen molar-refractivity contribution in [1.29, 1.82) is 0 Å². The second kappa shape index (κ2) is 9.90. The maximum absolute atomic E-state index is 12.0. The fourth-order valence-corrected chi connectivity index (χ4v) is 5.54. The van der Waals surface area contributed by atoms with Crippen molar-refractivity contribution in [3.05, 3.63) is 59.9 Å². The molecular weight excluding hydrogens is 450 g/mol. The molecule has 3 rings (SSSR count). The lowest BCUT2D eigenvalue weighted by atomic mass is 10.0. The van der Waals surface area contributed by atoms with Crippen LogP contribution in [0.4, 0.5) is 0 Å². The first-order valence-corrected chi connectivity index (χ1v) is 12.5. The molecule has 0 saturated carbocycles. The molecule has 0 aliphatic heterocycles. The van der Waals surface area contributed by atoms with Crippen LogP contribution in [0, 0.1) is 0 Å². The van der Waals surface area contributed by atoms with Crippen LogP contribution in [0.2, 0.25) is 0 Å². The average molecular weight is 484 g/mol. The minimum absolute atomic E-state index is 0.370. The number of pyridine rings is 1. The van der Waals surface area contributed by atoms with Gasteiger partial charge in [0.15, 0.2) is 4.93 Å². The van der Waals surface area contributed by atoms with Gasteiger partial charge in [-0.25, -0.2) is 4.79 Å². The predicted molar refractivity (Wildman–Crippen MR) is 141 cm³/mol. The van der Waals surface area contributed by atoms with Gasteiger partial charge >= 0.3 is 5.97 Å². The molecule has 0 N–H and O–H groups in total. The molecule has 0 aliphatic carbocycles. The Morgan fingerprint density at radius 2 is 1.88 bits per heavy atom. The summed E-state index contributed by atoms with van der Waals surface area (Å²) < 4.78 is 12.9. The molecule has 176 valence electrons. The van der Waals surface area contributed by atoms with Crippen LogP contribution < -0.4 is 4.74 Å². The van der Waals surface area contributed by atoms with Gasteiger partial charge in [-0.05, 0) is 81.8 Å². The summed E-state index contributed by atoms with van der Waals surface area (Å²) in [5.41, 5.74) is 3.26. The van der Waals surface area contributed by atoms with Gasteiger partial charge in [-0.2, -0.15) is 0 Å². The van der Waals surface area contributed by atoms with Crippen molar-refractivity contribution in [1.82, 2.24) is 4.98 Å². The Morgan fingerprint density at radius 1 is 1.15 bits per heavy atom. The summed E-state index contributed by atoms with van der Waals surface area (Å²) in [6.07, 6.45) is 4.31. The highest BCUT2D eigenvalue weighted by atomic mass is 32.1. The van der Waals surface area contributed by atoms with E-state index in [4.69, 9.17) is 22.1 Å². The number of aromatic nitrogens is 1. The molecule has 6 heteroatoms. The number of thiophene rings is 1. The van der Waals surface area contributed by atoms with Gasteiger partial charge in [0, 0.05) is 39.0 Å². The maximum atomic E-state index is 12.0. The van der Waals surface area contributed by atoms with Crippen molar-refractivity contribution in [3.63, 3.8) is 0 Å². The van der Waals surface area contributed by atoms with Gasteiger partial charge in [-0.3, -0.25) is 4.98 Å². The number of hydrogen-bond donors (Lipinski definition) is 1. The Labute approximate surface area is 206 Å². The lowest BCUT2D eigenvalue weighted by molar-refractivity contribution is -0.153. The number of thiol groups is 1. The van der Waals surface area contributed by atoms with Gasteiger partial charge in [-0.15, -0.1) is 24.0 Å². The Bertz CT molecular complexity index is 1180. The SMILES string of the molecule is C=C(C)C(=O)OC(C)(C)CC(C)(S)Oc1ccc2cc(-c3cnc(CC)cc3CC)sc2c1. The quantitative estimate of drug-likeness (QED) is 0.149. The molecule has 4 nitrogen and oxygen atoms in total. The predicted octanol–water partition coefficient (Wildman–Crippen LogP) is 7.40. The van der Waals surface area contributed by atoms with Gasteiger partial charge in [0.25, 0.3) is 0 Å². The standard InChI is InChI=1S/C27H33NO3S2/c1-8-18-12-20(9-2)28-15-22(18)24-13-19-10-11-21(14-23(19)33-24)30-27(7,32)16-26(5,6)31-25(29)17(3)4/h10-15,32H,3,8-9,16H2,1-2,4-7H3. The summed E-state index contributed by atoms with van der Waals surface area (Å²) in [6, 6.07) is 10.5. The smallest absolute Gasteiger partial charge is 0.333 e. The number of hydrogen-bond acceptors (Lipinski definition) is 6. The Balaban J connectivity index is 1.82. The molecule has 1 atom stereocenters. The van der Waals surface area contributed by atoms with Crippen molar-refractivity contribution in [3.8, 4) is 16.2 Å². The van der Waals surface area contributed by atoms with Gasteiger partial charge < -0.3 is 9.47 Å². The lowest BCUT2D eigenvalue weighted by Gasteiger charge is -2.34. The van der Waals surface area contributed by atoms with Crippen LogP contribution in [0.25, 0.3) is 20.5 Å². The van der Waals surface area contributed by atoms with Crippen molar-refractivity contribution >= 4 is 40.0 Å². The van der Waals surface area contributed by atoms with Crippen LogP contribution in [0.3, 0.4) is 0 Å². The highest BCUT2D eigenvalue weighted by molar-refractivity contribution is 7.81. The number of rotatable bonds is 9. The second-order valence-electron chi connectivity index (χ2n) is 9.23. The van der Waals surface area contributed by atoms with E-state index in [-0.39, 0.29) is 0 Å². The fourth-order valence-electron chi connectivity index (χ4n) is 3.92. The highest BCUT2D eigenvalue weighted by Crippen LogP contribution is 2.39. The molecule has 0 spiro atoms. The molecule has 2 heterocycles. The monoisotopic (exact) mass is 483 g/mol. The molecule has 3 aromatic rings. The third kappa shape index (κ3) is 6.39. The molecule has 0 aliphatic rings. The minimum Gasteiger partial charge on any atom is -0.477 e. The van der Waals surface area contributed by atoms with Gasteiger partial charge in [0.1, 0.15) is 11.4 Å². The van der Waals surface area contributed by atoms with E-state index in [0.29, 0.717) is 12.0 Å². The van der Waals surface area contributed by atoms with Gasteiger partial charge in [0.05, 0.1) is 0 Å². The molecule has 2 aromatic heterocycles. The summed E-state index contributed by atoms with van der Waals surface area (Å²) >= 11 is 6.46. The Kier molecular flexibility index (Phi) is 7.59. The fraction of sp³-hybridized carbons (Fsp3) is 0.407. The van der Waals surface area contributed by atoms with Crippen molar-refractivity contribution in [2.75, 3.05) is 0 Å². The second-order valence-corrected chi connectivity index (χ2v) is 11.3. The first-order chi connectivity index (χ1) is 15.4. The number of fused-ring (bicyclic) bond motifs is 1. The first-order valence-electron chi connectivity index (χ1n) is 11.2. The number of benzene rings is 1. The summed E-state index contributed by atoms with van der Waals surface area (Å²) in [5.74, 6) is 0.315. The van der Waals surface area contributed by atoms with E-state index in [0.717, 1.165) is 29.0 Å². The number of nitrogens with zero attached hydrogens (tertiary/aromatic N) is 1. The maximum Gasteiger partial charge on any atom is 0.333 e. The third-order valence-electron chi connectivity index (χ3n) is 5.36. The van der Waals surface area contributed by atoms with Crippen LogP contribution in [0.5, 0.6) is 5.75 Å². The van der Waals surface area contributed by atoms with Crippen molar-refractivity contribution < 1.29 is 14.3 Å². The van der Waals surface area contributed by atoms with E-state index in [9.17, 15) is 4.79 Å². The van der Waals surface area contributed by atoms with Crippen LogP contribution in [0.1, 0.15) is 59.2 Å². The average Bonchev–Trinajstić information content (AvgIpc) is 3.14. The van der Waals surface area contributed by atoms with Gasteiger partial charge in [0.2, 0.25) is 0 Å². The summed E-state index contributed by atoms with van der Waals surface area (Å²) in [4.78, 5) is 16.9. The van der Waals surface area contributed by atoms with E-state index < -0.39 is 16.5 Å². The summed E-state index contributed by atoms with van der Waals surface area (Å²) in [5, 5.41) is 1.17. The Hall–Kier alpha value is -2.31. The zero-order chi connectivity index (χ0) is 24.4. The molecule has 1 aromatic carbocycles. The number of aryl methyl sites for hydroxylation is 2. The van der Waals surface area contributed by atoms with Crippen molar-refractivity contribution in [2.45, 2.75) is 71.3 Å². The molecule has 0 bridgehead atoms. The lowest BCUT2D eigenvalue weighted by Crippen LogP contribution is -2.39. The van der Waals surface area contributed by atoms with Crippen LogP contribution in [-0.4, -0.2) is 21.5 Å². The first kappa shape index (κ1) is 25.3. The van der Waals surface area contributed by atoms with E-state index >= 15 is 0 Å². The van der Waals surface area contributed by atoms with E-state index in [1.165, 1.54) is 21.4 Å². The minimum atomic E-state index is -0.831. The number of carbonyl (C=O) groups excluding carboxylic acids is 1. The highest BCUT2D eigenvalue weighted by Gasteiger charge is 2.34. The zero-order valence-corrected chi connectivity index (χ0v) is 22.0.